The van der Waals surface area contributed by atoms with Crippen LogP contribution in [0.1, 0.15) is 116 Å². The molecule has 3 aromatic heterocycles. The van der Waals surface area contributed by atoms with Gasteiger partial charge < -0.3 is 15.8 Å². The second kappa shape index (κ2) is 16.9. The van der Waals surface area contributed by atoms with Gasteiger partial charge in [-0.15, -0.1) is 0 Å². The Morgan fingerprint density at radius 2 is 1.61 bits per heavy atom. The van der Waals surface area contributed by atoms with Crippen molar-refractivity contribution in [3.63, 3.8) is 0 Å². The number of ether oxygens (including phenoxy) is 1. The van der Waals surface area contributed by atoms with Gasteiger partial charge in [0.1, 0.15) is 18.2 Å². The Balaban J connectivity index is 1.50. The van der Waals surface area contributed by atoms with Crippen LogP contribution in [-0.2, 0) is 22.8 Å². The third-order valence-electron chi connectivity index (χ3n) is 11.1. The minimum absolute atomic E-state index is 0.0379. The summed E-state index contributed by atoms with van der Waals surface area (Å²) in [6, 6.07) is 2.29. The lowest BCUT2D eigenvalue weighted by Crippen LogP contribution is -2.39. The highest BCUT2D eigenvalue weighted by Gasteiger charge is 2.43. The fourth-order valence-corrected chi connectivity index (χ4v) is 9.26. The molecule has 10 nitrogen and oxygen atoms in total. The molecule has 3 N–H and O–H groups in total. The number of nitrogens with zero attached hydrogens (tertiary/aromatic N) is 5. The summed E-state index contributed by atoms with van der Waals surface area (Å²) >= 11 is 0. The van der Waals surface area contributed by atoms with E-state index in [0.717, 1.165) is 57.4 Å². The molecule has 13 heteroatoms. The number of carbonyl (C=O) groups is 2. The molecule has 2 saturated carbocycles. The quantitative estimate of drug-likeness (QED) is 0.119. The number of hydrogen-bond donors (Lipinski definition) is 2. The molecule has 280 valence electrons. The topological polar surface area (TPSA) is 130 Å². The second-order valence-electron chi connectivity index (χ2n) is 15.8. The van der Waals surface area contributed by atoms with Crippen molar-refractivity contribution in [1.82, 2.24) is 24.5 Å². The van der Waals surface area contributed by atoms with Gasteiger partial charge in [0, 0.05) is 55.4 Å². The number of pyridine rings is 1. The first-order valence-corrected chi connectivity index (χ1v) is 22.6. The molecule has 3 heterocycles. The maximum atomic E-state index is 14.8. The summed E-state index contributed by atoms with van der Waals surface area (Å²) in [5, 5.41) is 12.0. The monoisotopic (exact) mass is 725 g/mol. The molecule has 5 rings (SSSR count). The number of nitrogens with one attached hydrogen (secondary N) is 1. The van der Waals surface area contributed by atoms with Crippen LogP contribution in [0.5, 0.6) is 0 Å². The van der Waals surface area contributed by atoms with Crippen LogP contribution in [0.3, 0.4) is 0 Å². The molecule has 1 atom stereocenters. The SMILES string of the molecule is CCn1ncc(C(C(=O)Nc2cc(C(F)F)c(-c3c(C)nn(COCC[Si](C)(C)C)c3C)cn2)C(C2CCCCC2)C2CCCCC2)c1C(N)=O. The van der Waals surface area contributed by atoms with E-state index in [1.165, 1.54) is 25.1 Å². The Morgan fingerprint density at radius 3 is 2.16 bits per heavy atom. The molecule has 3 aromatic rings. The van der Waals surface area contributed by atoms with Gasteiger partial charge in [-0.25, -0.2) is 18.4 Å². The largest absolute Gasteiger partial charge is 0.364 e. The van der Waals surface area contributed by atoms with E-state index in [0.29, 0.717) is 35.7 Å². The molecule has 51 heavy (non-hydrogen) atoms. The molecule has 0 aliphatic heterocycles. The Kier molecular flexibility index (Phi) is 12.9. The maximum Gasteiger partial charge on any atom is 0.267 e. The molecule has 2 aliphatic rings. The molecular formula is C38H57F2N7O3Si. The standard InChI is InChI=1S/C38H57F2N7O3Si/c1-7-46-35(37(41)48)30(22-43-46)34(33(26-14-10-8-11-15-26)27-16-12-9-13-17-27)38(49)44-31-20-28(36(39)40)29(21-42-31)32-24(2)45-47(25(32)3)23-50-18-19-51(4,5)6/h20-22,26-27,33-34,36H,7-19,23H2,1-6H3,(H2,41,48)(H,42,44,49). The van der Waals surface area contributed by atoms with Crippen LogP contribution in [0.15, 0.2) is 18.5 Å². The summed E-state index contributed by atoms with van der Waals surface area (Å²) in [6.07, 6.45) is 11.0. The van der Waals surface area contributed by atoms with Crippen molar-refractivity contribution < 1.29 is 23.1 Å². The zero-order valence-corrected chi connectivity index (χ0v) is 32.3. The third kappa shape index (κ3) is 9.14. The average Bonchev–Trinajstić information content (AvgIpc) is 3.65. The van der Waals surface area contributed by atoms with Crippen molar-refractivity contribution in [3.8, 4) is 11.1 Å². The van der Waals surface area contributed by atoms with Crippen molar-refractivity contribution >= 4 is 25.7 Å². The first-order valence-electron chi connectivity index (χ1n) is 18.9. The molecule has 1 unspecified atom stereocenters. The van der Waals surface area contributed by atoms with Crippen LogP contribution in [-0.4, -0.2) is 51.0 Å². The number of nitrogens with two attached hydrogens (primary N) is 1. The highest BCUT2D eigenvalue weighted by Crippen LogP contribution is 2.48. The first-order chi connectivity index (χ1) is 24.3. The van der Waals surface area contributed by atoms with Gasteiger partial charge in [0.25, 0.3) is 12.3 Å². The van der Waals surface area contributed by atoms with Crippen LogP contribution in [0.2, 0.25) is 25.7 Å². The van der Waals surface area contributed by atoms with Gasteiger partial charge in [-0.1, -0.05) is 83.8 Å². The fourth-order valence-electron chi connectivity index (χ4n) is 8.50. The number of halogens is 2. The van der Waals surface area contributed by atoms with Crippen LogP contribution in [0.4, 0.5) is 14.6 Å². The van der Waals surface area contributed by atoms with Crippen molar-refractivity contribution in [1.29, 1.82) is 0 Å². The lowest BCUT2D eigenvalue weighted by atomic mass is 9.63. The van der Waals surface area contributed by atoms with Gasteiger partial charge in [-0.3, -0.25) is 14.3 Å². The van der Waals surface area contributed by atoms with Crippen molar-refractivity contribution in [2.75, 3.05) is 11.9 Å². The summed E-state index contributed by atoms with van der Waals surface area (Å²) in [4.78, 5) is 32.1. The van der Waals surface area contributed by atoms with Gasteiger partial charge in [-0.2, -0.15) is 10.2 Å². The molecule has 0 spiro atoms. The van der Waals surface area contributed by atoms with Crippen LogP contribution in [0, 0.1) is 31.6 Å². The number of anilines is 1. The number of alkyl halides is 2. The van der Waals surface area contributed by atoms with Gasteiger partial charge >= 0.3 is 0 Å². The number of primary amides is 1. The van der Waals surface area contributed by atoms with E-state index < -0.39 is 26.3 Å². The highest BCUT2D eigenvalue weighted by atomic mass is 28.3. The van der Waals surface area contributed by atoms with Gasteiger partial charge in [0.15, 0.2) is 0 Å². The Labute approximate surface area is 302 Å². The summed E-state index contributed by atoms with van der Waals surface area (Å²) in [5.41, 5.74) is 8.60. The lowest BCUT2D eigenvalue weighted by Gasteiger charge is -2.41. The zero-order chi connectivity index (χ0) is 36.9. The van der Waals surface area contributed by atoms with E-state index in [-0.39, 0.29) is 53.0 Å². The van der Waals surface area contributed by atoms with E-state index in [1.807, 2.05) is 13.8 Å². The Hall–Kier alpha value is -3.45. The fraction of sp³-hybridized carbons (Fsp3) is 0.658. The maximum absolute atomic E-state index is 14.8. The smallest absolute Gasteiger partial charge is 0.267 e. The Bertz CT molecular complexity index is 1640. The van der Waals surface area contributed by atoms with E-state index in [1.54, 1.807) is 22.5 Å². The number of aromatic nitrogens is 5. The van der Waals surface area contributed by atoms with Crippen LogP contribution >= 0.6 is 0 Å². The molecule has 2 aliphatic carbocycles. The molecule has 0 bridgehead atoms. The molecule has 0 saturated heterocycles. The highest BCUT2D eigenvalue weighted by molar-refractivity contribution is 6.76. The minimum atomic E-state index is -2.83. The van der Waals surface area contributed by atoms with E-state index in [2.05, 4.69) is 40.1 Å². The first kappa shape index (κ1) is 38.8. The average molecular weight is 726 g/mol. The van der Waals surface area contributed by atoms with Gasteiger partial charge in [0.2, 0.25) is 5.91 Å². The summed E-state index contributed by atoms with van der Waals surface area (Å²) in [7, 11) is -1.27. The summed E-state index contributed by atoms with van der Waals surface area (Å²) in [5.74, 6) is -1.17. The molecule has 0 aromatic carbocycles. The number of hydrogen-bond acceptors (Lipinski definition) is 6. The van der Waals surface area contributed by atoms with E-state index in [9.17, 15) is 18.4 Å². The second-order valence-corrected chi connectivity index (χ2v) is 21.4. The molecule has 0 radical (unpaired) electrons. The van der Waals surface area contributed by atoms with Crippen LogP contribution < -0.4 is 11.1 Å². The van der Waals surface area contributed by atoms with E-state index >= 15 is 0 Å². The van der Waals surface area contributed by atoms with Crippen molar-refractivity contribution in [2.45, 2.75) is 136 Å². The van der Waals surface area contributed by atoms with E-state index in [4.69, 9.17) is 10.5 Å². The number of rotatable bonds is 15. The predicted molar refractivity (Wildman–Crippen MR) is 198 cm³/mol. The lowest BCUT2D eigenvalue weighted by molar-refractivity contribution is -0.120. The summed E-state index contributed by atoms with van der Waals surface area (Å²) < 4.78 is 38.8. The molecule has 2 fully saturated rings. The van der Waals surface area contributed by atoms with Crippen molar-refractivity contribution in [3.05, 3.63) is 46.7 Å². The minimum Gasteiger partial charge on any atom is -0.364 e. The Morgan fingerprint density at radius 1 is 0.980 bits per heavy atom. The number of aryl methyl sites for hydroxylation is 2. The summed E-state index contributed by atoms with van der Waals surface area (Å²) in [6.45, 7) is 13.6. The predicted octanol–water partition coefficient (Wildman–Crippen LogP) is 8.63. The van der Waals surface area contributed by atoms with Crippen molar-refractivity contribution in [2.24, 2.45) is 23.5 Å². The van der Waals surface area contributed by atoms with Gasteiger partial charge in [0.05, 0.1) is 17.8 Å². The zero-order valence-electron chi connectivity index (χ0n) is 31.3. The van der Waals surface area contributed by atoms with Crippen LogP contribution in [0.25, 0.3) is 11.1 Å². The normalized spacial score (nSPS) is 17.0. The molecular weight excluding hydrogens is 669 g/mol. The number of carbonyl (C=O) groups excluding carboxylic acids is 2. The molecule has 2 amide bonds. The number of amides is 2. The third-order valence-corrected chi connectivity index (χ3v) is 12.8. The van der Waals surface area contributed by atoms with Gasteiger partial charge in [-0.05, 0) is 50.6 Å².